The lowest BCUT2D eigenvalue weighted by Gasteiger charge is -2.17. The van der Waals surface area contributed by atoms with Crippen LogP contribution in [-0.2, 0) is 16.1 Å². The average Bonchev–Trinajstić information content (AvgIpc) is 2.73. The molecule has 6 nitrogen and oxygen atoms in total. The van der Waals surface area contributed by atoms with Gasteiger partial charge in [-0.2, -0.15) is 0 Å². The van der Waals surface area contributed by atoms with Crippen molar-refractivity contribution >= 4 is 11.9 Å². The highest BCUT2D eigenvalue weighted by molar-refractivity contribution is 5.95. The zero-order valence-electron chi connectivity index (χ0n) is 18.2. The molecule has 0 aliphatic heterocycles. The van der Waals surface area contributed by atoms with Gasteiger partial charge in [0.15, 0.2) is 18.1 Å². The van der Waals surface area contributed by atoms with Crippen molar-refractivity contribution in [3.8, 4) is 11.5 Å². The summed E-state index contributed by atoms with van der Waals surface area (Å²) in [4.78, 5) is 24.7. The molecule has 0 atom stereocenters. The van der Waals surface area contributed by atoms with Gasteiger partial charge >= 0.3 is 5.97 Å². The molecule has 0 aliphatic carbocycles. The summed E-state index contributed by atoms with van der Waals surface area (Å²) in [7, 11) is 3.12. The first-order valence-corrected chi connectivity index (χ1v) is 9.42. The van der Waals surface area contributed by atoms with E-state index in [1.807, 2.05) is 40.7 Å². The van der Waals surface area contributed by atoms with Gasteiger partial charge in [-0.3, -0.25) is 4.79 Å². The maximum Gasteiger partial charge on any atom is 0.339 e. The van der Waals surface area contributed by atoms with E-state index in [-0.39, 0.29) is 19.1 Å². The molecule has 156 valence electrons. The molecule has 2 aromatic carbocycles. The Morgan fingerprint density at radius 2 is 1.38 bits per heavy atom. The second kappa shape index (κ2) is 9.45. The molecule has 2 aromatic rings. The van der Waals surface area contributed by atoms with E-state index < -0.39 is 5.97 Å². The predicted octanol–water partition coefficient (Wildman–Crippen LogP) is 3.72. The van der Waals surface area contributed by atoms with E-state index >= 15 is 0 Å². The molecule has 1 N–H and O–H groups in total. The van der Waals surface area contributed by atoms with Gasteiger partial charge in [-0.05, 0) is 80.1 Å². The van der Waals surface area contributed by atoms with Gasteiger partial charge in [0.05, 0.1) is 19.8 Å². The number of ether oxygens (including phenoxy) is 3. The highest BCUT2D eigenvalue weighted by Gasteiger charge is 2.20. The largest absolute Gasteiger partial charge is 0.493 e. The minimum Gasteiger partial charge on any atom is -0.493 e. The van der Waals surface area contributed by atoms with Gasteiger partial charge in [0, 0.05) is 6.54 Å². The zero-order valence-corrected chi connectivity index (χ0v) is 18.2. The molecule has 0 radical (unpaired) electrons. The SMILES string of the molecule is COc1ccc(CNC(=O)COC(=O)c2c(C)c(C)c(C)c(C)c2C)cc1OC. The molecule has 2 rings (SSSR count). The highest BCUT2D eigenvalue weighted by Crippen LogP contribution is 2.28. The Bertz CT molecular complexity index is 904. The number of hydrogen-bond donors (Lipinski definition) is 1. The van der Waals surface area contributed by atoms with Crippen LogP contribution in [0.15, 0.2) is 18.2 Å². The summed E-state index contributed by atoms with van der Waals surface area (Å²) in [5.74, 6) is 0.351. The number of benzene rings is 2. The fourth-order valence-electron chi connectivity index (χ4n) is 3.25. The average molecular weight is 399 g/mol. The predicted molar refractivity (Wildman–Crippen MR) is 112 cm³/mol. The van der Waals surface area contributed by atoms with Crippen LogP contribution in [0, 0.1) is 34.6 Å². The number of hydrogen-bond acceptors (Lipinski definition) is 5. The molecule has 0 saturated heterocycles. The van der Waals surface area contributed by atoms with Crippen LogP contribution in [-0.4, -0.2) is 32.7 Å². The summed E-state index contributed by atoms with van der Waals surface area (Å²) in [6.45, 7) is 9.79. The number of nitrogens with one attached hydrogen (secondary N) is 1. The van der Waals surface area contributed by atoms with Crippen LogP contribution in [0.2, 0.25) is 0 Å². The summed E-state index contributed by atoms with van der Waals surface area (Å²) in [5.41, 5.74) is 6.47. The zero-order chi connectivity index (χ0) is 21.7. The van der Waals surface area contributed by atoms with Crippen LogP contribution in [0.3, 0.4) is 0 Å². The van der Waals surface area contributed by atoms with Gasteiger partial charge in [0.1, 0.15) is 0 Å². The van der Waals surface area contributed by atoms with Crippen molar-refractivity contribution in [2.45, 2.75) is 41.2 Å². The van der Waals surface area contributed by atoms with Crippen molar-refractivity contribution in [1.82, 2.24) is 5.32 Å². The van der Waals surface area contributed by atoms with Gasteiger partial charge in [0.25, 0.3) is 5.91 Å². The van der Waals surface area contributed by atoms with E-state index in [1.54, 1.807) is 26.4 Å². The molecule has 0 heterocycles. The van der Waals surface area contributed by atoms with Crippen molar-refractivity contribution in [2.24, 2.45) is 0 Å². The first kappa shape index (κ1) is 22.3. The summed E-state index contributed by atoms with van der Waals surface area (Å²) < 4.78 is 15.7. The lowest BCUT2D eigenvalue weighted by atomic mass is 9.90. The molecule has 0 spiro atoms. The van der Waals surface area contributed by atoms with Gasteiger partial charge in [-0.25, -0.2) is 4.79 Å². The number of carbonyl (C=O) groups is 2. The number of esters is 1. The third-order valence-electron chi connectivity index (χ3n) is 5.48. The molecule has 0 unspecified atom stereocenters. The molecular formula is C23H29NO5. The van der Waals surface area contributed by atoms with E-state index in [1.165, 1.54) is 5.56 Å². The first-order chi connectivity index (χ1) is 13.7. The normalized spacial score (nSPS) is 10.4. The smallest absolute Gasteiger partial charge is 0.339 e. The minimum absolute atomic E-state index is 0.289. The molecule has 0 bridgehead atoms. The lowest BCUT2D eigenvalue weighted by molar-refractivity contribution is -0.124. The van der Waals surface area contributed by atoms with E-state index in [0.717, 1.165) is 27.8 Å². The molecule has 0 fully saturated rings. The number of methoxy groups -OCH3 is 2. The van der Waals surface area contributed by atoms with E-state index in [9.17, 15) is 9.59 Å². The molecule has 29 heavy (non-hydrogen) atoms. The highest BCUT2D eigenvalue weighted by atomic mass is 16.5. The Balaban J connectivity index is 1.99. The second-order valence-electron chi connectivity index (χ2n) is 7.04. The van der Waals surface area contributed by atoms with Crippen LogP contribution in [0.5, 0.6) is 11.5 Å². The van der Waals surface area contributed by atoms with Crippen molar-refractivity contribution < 1.29 is 23.8 Å². The monoisotopic (exact) mass is 399 g/mol. The minimum atomic E-state index is -0.479. The first-order valence-electron chi connectivity index (χ1n) is 9.42. The summed E-state index contributed by atoms with van der Waals surface area (Å²) in [6.07, 6.45) is 0. The molecule has 1 amide bonds. The Hall–Kier alpha value is -3.02. The fourth-order valence-corrected chi connectivity index (χ4v) is 3.25. The van der Waals surface area contributed by atoms with E-state index in [2.05, 4.69) is 5.32 Å². The third kappa shape index (κ3) is 4.88. The number of rotatable bonds is 7. The summed E-state index contributed by atoms with van der Waals surface area (Å²) in [6, 6.07) is 5.39. The Kier molecular flexibility index (Phi) is 7.26. The van der Waals surface area contributed by atoms with Gasteiger partial charge in [-0.1, -0.05) is 6.07 Å². The molecule has 0 aliphatic rings. The van der Waals surface area contributed by atoms with Crippen LogP contribution in [0.1, 0.15) is 43.7 Å². The standard InChI is InChI=1S/C23H29NO5/c1-13-14(2)16(4)22(17(5)15(13)3)23(26)29-12-21(25)24-11-18-8-9-19(27-6)20(10-18)28-7/h8-10H,11-12H2,1-7H3,(H,24,25). The summed E-state index contributed by atoms with van der Waals surface area (Å²) in [5, 5.41) is 2.74. The third-order valence-corrected chi connectivity index (χ3v) is 5.48. The number of amides is 1. The lowest BCUT2D eigenvalue weighted by Crippen LogP contribution is -2.28. The van der Waals surface area contributed by atoms with Crippen molar-refractivity contribution in [1.29, 1.82) is 0 Å². The van der Waals surface area contributed by atoms with Crippen LogP contribution in [0.25, 0.3) is 0 Å². The van der Waals surface area contributed by atoms with Gasteiger partial charge in [0.2, 0.25) is 0 Å². The van der Waals surface area contributed by atoms with Crippen molar-refractivity contribution in [3.63, 3.8) is 0 Å². The Labute approximate surface area is 172 Å². The Morgan fingerprint density at radius 3 is 1.93 bits per heavy atom. The maximum atomic E-state index is 12.6. The van der Waals surface area contributed by atoms with Gasteiger partial charge < -0.3 is 19.5 Å². The molecule has 0 aromatic heterocycles. The number of carbonyl (C=O) groups excluding carboxylic acids is 2. The molecular weight excluding hydrogens is 370 g/mol. The fraction of sp³-hybridized carbons (Fsp3) is 0.391. The topological polar surface area (TPSA) is 73.9 Å². The van der Waals surface area contributed by atoms with E-state index in [4.69, 9.17) is 14.2 Å². The molecule has 6 heteroatoms. The van der Waals surface area contributed by atoms with Crippen molar-refractivity contribution in [3.05, 3.63) is 57.1 Å². The second-order valence-corrected chi connectivity index (χ2v) is 7.04. The summed E-state index contributed by atoms with van der Waals surface area (Å²) >= 11 is 0. The van der Waals surface area contributed by atoms with E-state index in [0.29, 0.717) is 17.1 Å². The maximum absolute atomic E-state index is 12.6. The quantitative estimate of drug-likeness (QED) is 0.719. The van der Waals surface area contributed by atoms with Crippen LogP contribution >= 0.6 is 0 Å². The Morgan fingerprint density at radius 1 is 0.828 bits per heavy atom. The van der Waals surface area contributed by atoms with Crippen molar-refractivity contribution in [2.75, 3.05) is 20.8 Å². The molecule has 0 saturated carbocycles. The van der Waals surface area contributed by atoms with Gasteiger partial charge in [-0.15, -0.1) is 0 Å². The van der Waals surface area contributed by atoms with Crippen LogP contribution < -0.4 is 14.8 Å². The van der Waals surface area contributed by atoms with Crippen LogP contribution in [0.4, 0.5) is 0 Å².